The summed E-state index contributed by atoms with van der Waals surface area (Å²) in [5, 5.41) is 29.7. The highest BCUT2D eigenvalue weighted by atomic mass is 35.5. The quantitative estimate of drug-likeness (QED) is 0.176. The molecule has 6 heteroatoms. The molecule has 1 aromatic carbocycles. The molecule has 1 aliphatic carbocycles. The molecule has 0 aromatic heterocycles. The highest BCUT2D eigenvalue weighted by Crippen LogP contribution is 2.45. The van der Waals surface area contributed by atoms with Gasteiger partial charge in [0.1, 0.15) is 6.61 Å². The van der Waals surface area contributed by atoms with Gasteiger partial charge in [0.2, 0.25) is 0 Å². The molecular formula is C25H37ClO5. The maximum absolute atomic E-state index is 11.4. The minimum absolute atomic E-state index is 0.0496. The fourth-order valence-electron chi connectivity index (χ4n) is 4.33. The van der Waals surface area contributed by atoms with Crippen molar-refractivity contribution in [2.45, 2.75) is 81.8 Å². The van der Waals surface area contributed by atoms with Crippen LogP contribution in [0.4, 0.5) is 0 Å². The van der Waals surface area contributed by atoms with Crippen molar-refractivity contribution < 1.29 is 24.9 Å². The summed E-state index contributed by atoms with van der Waals surface area (Å²) in [7, 11) is 0. The standard InChI is InChI=1S/C25H37ClO5/c1-2-3-12-22(28)18-9-8-10-19(16-18)25-20(21(26)17-23(25)29)11-6-4-5-7-13-24(30)31-15-14-27/h4,6,8-10,16,20-23,25,27-29H,2-3,5,7,11-15,17H2,1H3/t20-,21+,22?,23+,25+/m0/s1. The third-order valence-corrected chi connectivity index (χ3v) is 6.50. The van der Waals surface area contributed by atoms with Gasteiger partial charge in [-0.3, -0.25) is 4.79 Å². The van der Waals surface area contributed by atoms with E-state index in [-0.39, 0.29) is 36.4 Å². The van der Waals surface area contributed by atoms with Crippen LogP contribution in [0.25, 0.3) is 0 Å². The first-order valence-corrected chi connectivity index (χ1v) is 11.9. The molecular weight excluding hydrogens is 416 g/mol. The summed E-state index contributed by atoms with van der Waals surface area (Å²) < 4.78 is 4.84. The van der Waals surface area contributed by atoms with E-state index < -0.39 is 12.2 Å². The van der Waals surface area contributed by atoms with Gasteiger partial charge in [-0.1, -0.05) is 56.2 Å². The van der Waals surface area contributed by atoms with Crippen molar-refractivity contribution in [3.8, 4) is 0 Å². The SMILES string of the molecule is CCCCC(O)c1cccc([C@@H]2[C@@H](CC=CCCCC(=O)OCCO)[C@H](Cl)C[C@H]2O)c1. The predicted molar refractivity (Wildman–Crippen MR) is 123 cm³/mol. The van der Waals surface area contributed by atoms with Gasteiger partial charge in [0.05, 0.1) is 18.8 Å². The minimum atomic E-state index is -0.495. The fraction of sp³-hybridized carbons (Fsp3) is 0.640. The van der Waals surface area contributed by atoms with E-state index in [1.807, 2.05) is 24.3 Å². The first kappa shape index (κ1) is 25.9. The molecule has 1 aliphatic rings. The summed E-state index contributed by atoms with van der Waals surface area (Å²) in [6.45, 7) is 2.01. The van der Waals surface area contributed by atoms with Crippen molar-refractivity contribution in [1.29, 1.82) is 0 Å². The lowest BCUT2D eigenvalue weighted by Crippen LogP contribution is -2.18. The Bertz CT molecular complexity index is 692. The molecule has 0 saturated heterocycles. The van der Waals surface area contributed by atoms with E-state index in [2.05, 4.69) is 19.1 Å². The highest BCUT2D eigenvalue weighted by molar-refractivity contribution is 6.21. The summed E-state index contributed by atoms with van der Waals surface area (Å²) in [5.74, 6) is -0.229. The van der Waals surface area contributed by atoms with E-state index in [9.17, 15) is 15.0 Å². The normalized spacial score (nSPS) is 24.5. The number of esters is 1. The van der Waals surface area contributed by atoms with Crippen LogP contribution in [0.1, 0.15) is 81.4 Å². The van der Waals surface area contributed by atoms with Gasteiger partial charge in [0, 0.05) is 17.7 Å². The lowest BCUT2D eigenvalue weighted by atomic mass is 9.84. The second kappa shape index (κ2) is 13.9. The lowest BCUT2D eigenvalue weighted by Gasteiger charge is -2.24. The highest BCUT2D eigenvalue weighted by Gasteiger charge is 2.41. The molecule has 5 atom stereocenters. The number of aliphatic hydroxyl groups excluding tert-OH is 3. The summed E-state index contributed by atoms with van der Waals surface area (Å²) in [6.07, 6.45) is 9.04. The zero-order valence-electron chi connectivity index (χ0n) is 18.5. The Morgan fingerprint density at radius 2 is 2.13 bits per heavy atom. The zero-order valence-corrected chi connectivity index (χ0v) is 19.2. The van der Waals surface area contributed by atoms with Gasteiger partial charge in [-0.25, -0.2) is 0 Å². The average molecular weight is 453 g/mol. The Kier molecular flexibility index (Phi) is 11.6. The number of hydrogen-bond donors (Lipinski definition) is 3. The topological polar surface area (TPSA) is 87.0 Å². The molecule has 31 heavy (non-hydrogen) atoms. The summed E-state index contributed by atoms with van der Waals surface area (Å²) in [4.78, 5) is 11.4. The summed E-state index contributed by atoms with van der Waals surface area (Å²) in [6, 6.07) is 7.95. The van der Waals surface area contributed by atoms with E-state index in [1.54, 1.807) is 0 Å². The van der Waals surface area contributed by atoms with Crippen LogP contribution < -0.4 is 0 Å². The van der Waals surface area contributed by atoms with Crippen molar-refractivity contribution in [1.82, 2.24) is 0 Å². The Morgan fingerprint density at radius 3 is 2.87 bits per heavy atom. The zero-order chi connectivity index (χ0) is 22.6. The van der Waals surface area contributed by atoms with E-state index in [1.165, 1.54) is 0 Å². The van der Waals surface area contributed by atoms with Crippen LogP contribution in [0.15, 0.2) is 36.4 Å². The van der Waals surface area contributed by atoms with Crippen molar-refractivity contribution >= 4 is 17.6 Å². The fourth-order valence-corrected chi connectivity index (χ4v) is 4.77. The van der Waals surface area contributed by atoms with Crippen LogP contribution in [0.5, 0.6) is 0 Å². The number of aliphatic hydroxyl groups is 3. The Labute approximate surface area is 191 Å². The van der Waals surface area contributed by atoms with E-state index in [0.29, 0.717) is 19.3 Å². The molecule has 0 spiro atoms. The predicted octanol–water partition coefficient (Wildman–Crippen LogP) is 4.63. The number of rotatable bonds is 13. The molecule has 5 nitrogen and oxygen atoms in total. The number of ether oxygens (including phenoxy) is 1. The van der Waals surface area contributed by atoms with Gasteiger partial charge in [0.15, 0.2) is 0 Å². The Balaban J connectivity index is 1.93. The van der Waals surface area contributed by atoms with Crippen molar-refractivity contribution in [3.63, 3.8) is 0 Å². The second-order valence-electron chi connectivity index (χ2n) is 8.38. The number of carbonyl (C=O) groups excluding carboxylic acids is 1. The smallest absolute Gasteiger partial charge is 0.305 e. The molecule has 174 valence electrons. The molecule has 1 aromatic rings. The maximum atomic E-state index is 11.4. The second-order valence-corrected chi connectivity index (χ2v) is 8.94. The molecule has 0 radical (unpaired) electrons. The van der Waals surface area contributed by atoms with Crippen LogP contribution in [-0.4, -0.2) is 46.0 Å². The van der Waals surface area contributed by atoms with Gasteiger partial charge >= 0.3 is 5.97 Å². The molecule has 1 fully saturated rings. The minimum Gasteiger partial charge on any atom is -0.463 e. The molecule has 1 saturated carbocycles. The van der Waals surface area contributed by atoms with Crippen LogP contribution in [0.3, 0.4) is 0 Å². The number of benzene rings is 1. The monoisotopic (exact) mass is 452 g/mol. The molecule has 0 bridgehead atoms. The number of hydrogen-bond acceptors (Lipinski definition) is 5. The van der Waals surface area contributed by atoms with Crippen molar-refractivity contribution in [3.05, 3.63) is 47.5 Å². The first-order chi connectivity index (χ1) is 15.0. The number of alkyl halides is 1. The van der Waals surface area contributed by atoms with Gasteiger partial charge in [-0.05, 0) is 49.1 Å². The van der Waals surface area contributed by atoms with Crippen LogP contribution in [0, 0.1) is 5.92 Å². The molecule has 0 heterocycles. The Morgan fingerprint density at radius 1 is 1.32 bits per heavy atom. The van der Waals surface area contributed by atoms with Crippen LogP contribution >= 0.6 is 11.6 Å². The number of allylic oxidation sites excluding steroid dienone is 2. The lowest BCUT2D eigenvalue weighted by molar-refractivity contribution is -0.144. The maximum Gasteiger partial charge on any atom is 0.305 e. The summed E-state index contributed by atoms with van der Waals surface area (Å²) in [5.41, 5.74) is 1.94. The summed E-state index contributed by atoms with van der Waals surface area (Å²) >= 11 is 6.59. The third-order valence-electron chi connectivity index (χ3n) is 6.00. The van der Waals surface area contributed by atoms with Crippen molar-refractivity contribution in [2.75, 3.05) is 13.2 Å². The molecule has 1 unspecified atom stereocenters. The van der Waals surface area contributed by atoms with E-state index >= 15 is 0 Å². The van der Waals surface area contributed by atoms with E-state index in [4.69, 9.17) is 21.4 Å². The molecule has 0 aliphatic heterocycles. The number of carbonyl (C=O) groups is 1. The van der Waals surface area contributed by atoms with Crippen LogP contribution in [0.2, 0.25) is 0 Å². The van der Waals surface area contributed by atoms with Gasteiger partial charge < -0.3 is 20.1 Å². The van der Waals surface area contributed by atoms with Gasteiger partial charge in [-0.2, -0.15) is 0 Å². The van der Waals surface area contributed by atoms with Gasteiger partial charge in [0.25, 0.3) is 0 Å². The average Bonchev–Trinajstić information content (AvgIpc) is 3.05. The molecule has 0 amide bonds. The van der Waals surface area contributed by atoms with Gasteiger partial charge in [-0.15, -0.1) is 11.6 Å². The number of halogens is 1. The van der Waals surface area contributed by atoms with Crippen LogP contribution in [-0.2, 0) is 9.53 Å². The third kappa shape index (κ3) is 8.23. The number of unbranched alkanes of at least 4 members (excludes halogenated alkanes) is 2. The molecule has 2 rings (SSSR count). The van der Waals surface area contributed by atoms with Crippen molar-refractivity contribution in [2.24, 2.45) is 5.92 Å². The molecule has 3 N–H and O–H groups in total. The van der Waals surface area contributed by atoms with E-state index in [0.717, 1.165) is 43.2 Å². The largest absolute Gasteiger partial charge is 0.463 e. The first-order valence-electron chi connectivity index (χ1n) is 11.5. The Hall–Kier alpha value is -1.40.